The highest BCUT2D eigenvalue weighted by atomic mass is 16.5. The van der Waals surface area contributed by atoms with Crippen LogP contribution in [0.25, 0.3) is 0 Å². The molecule has 3 unspecified atom stereocenters. The second-order valence-corrected chi connectivity index (χ2v) is 13.5. The van der Waals surface area contributed by atoms with E-state index in [4.69, 9.17) is 4.74 Å². The molecule has 0 spiro atoms. The highest BCUT2D eigenvalue weighted by Crippen LogP contribution is 2.18. The molecule has 0 saturated heterocycles. The molecular weight excluding hydrogens is 626 g/mol. The monoisotopic (exact) mass is 675 g/mol. The summed E-state index contributed by atoms with van der Waals surface area (Å²) in [6, 6.07) is 15.3. The Morgan fingerprint density at radius 2 is 1.00 bits per heavy atom. The Kier molecular flexibility index (Phi) is 14.5. The summed E-state index contributed by atoms with van der Waals surface area (Å²) < 4.78 is 5.32. The smallest absolute Gasteiger partial charge is 0.408 e. The van der Waals surface area contributed by atoms with Gasteiger partial charge in [0.05, 0.1) is 0 Å². The number of nitrogens with one attached hydrogen (secondary N) is 5. The molecule has 0 radical (unpaired) electrons. The van der Waals surface area contributed by atoms with Gasteiger partial charge in [0.25, 0.3) is 10.9 Å². The topological polar surface area (TPSA) is 172 Å². The van der Waals surface area contributed by atoms with Crippen LogP contribution < -0.4 is 37.4 Å². The average Bonchev–Trinajstić information content (AvgIpc) is 3.05. The number of carbonyl (C=O) groups excluding carboxylic acids is 4. The predicted octanol–water partition coefficient (Wildman–Crippen LogP) is 4.24. The summed E-state index contributed by atoms with van der Waals surface area (Å²) in [5.41, 5.74) is -0.0276. The Hall–Kier alpha value is -5.00. The molecule has 3 atom stereocenters. The third kappa shape index (κ3) is 12.2. The van der Waals surface area contributed by atoms with Crippen LogP contribution in [0.15, 0.2) is 70.3 Å². The molecule has 0 aliphatic heterocycles. The first kappa shape index (κ1) is 38.4. The highest BCUT2D eigenvalue weighted by Gasteiger charge is 2.32. The Bertz CT molecular complexity index is 1620. The van der Waals surface area contributed by atoms with Crippen LogP contribution in [-0.4, -0.2) is 41.9 Å². The number of amides is 4. The molecule has 3 aromatic rings. The molecule has 12 nitrogen and oxygen atoms in total. The van der Waals surface area contributed by atoms with E-state index < -0.39 is 52.8 Å². The van der Waals surface area contributed by atoms with Crippen molar-refractivity contribution < 1.29 is 23.9 Å². The van der Waals surface area contributed by atoms with Crippen LogP contribution in [0.1, 0.15) is 71.9 Å². The van der Waals surface area contributed by atoms with E-state index in [-0.39, 0.29) is 55.1 Å². The van der Waals surface area contributed by atoms with Crippen molar-refractivity contribution in [2.24, 2.45) is 17.8 Å². The van der Waals surface area contributed by atoms with Crippen molar-refractivity contribution >= 4 is 35.2 Å². The summed E-state index contributed by atoms with van der Waals surface area (Å²) >= 11 is 0. The van der Waals surface area contributed by atoms with Gasteiger partial charge in [-0.15, -0.1) is 0 Å². The summed E-state index contributed by atoms with van der Waals surface area (Å²) in [6.45, 7) is 11.7. The summed E-state index contributed by atoms with van der Waals surface area (Å²) in [6.07, 6.45) is 0.0153. The van der Waals surface area contributed by atoms with Gasteiger partial charge in [0.1, 0.15) is 36.1 Å². The molecule has 0 aromatic heterocycles. The molecule has 0 aliphatic carbocycles. The molecule has 3 aromatic carbocycles. The molecule has 49 heavy (non-hydrogen) atoms. The lowest BCUT2D eigenvalue weighted by Gasteiger charge is -2.27. The van der Waals surface area contributed by atoms with Gasteiger partial charge in [-0.3, -0.25) is 24.0 Å². The van der Waals surface area contributed by atoms with Crippen molar-refractivity contribution in [3.8, 4) is 0 Å². The number of carbonyl (C=O) groups is 4. The second-order valence-electron chi connectivity index (χ2n) is 13.5. The predicted molar refractivity (Wildman–Crippen MR) is 190 cm³/mol. The van der Waals surface area contributed by atoms with Crippen molar-refractivity contribution in [2.75, 3.05) is 10.6 Å². The highest BCUT2D eigenvalue weighted by molar-refractivity contribution is 6.01. The minimum Gasteiger partial charge on any atom is -0.445 e. The molecule has 0 saturated carbocycles. The Balaban J connectivity index is 1.70. The van der Waals surface area contributed by atoms with Crippen molar-refractivity contribution in [3.05, 3.63) is 92.2 Å². The van der Waals surface area contributed by atoms with Crippen molar-refractivity contribution in [3.63, 3.8) is 0 Å². The van der Waals surface area contributed by atoms with E-state index in [9.17, 15) is 28.8 Å². The molecule has 5 N–H and O–H groups in total. The van der Waals surface area contributed by atoms with Crippen LogP contribution in [0.5, 0.6) is 0 Å². The van der Waals surface area contributed by atoms with Crippen LogP contribution in [0, 0.1) is 17.8 Å². The largest absolute Gasteiger partial charge is 0.445 e. The zero-order valence-corrected chi connectivity index (χ0v) is 29.1. The number of hydrogen-bond acceptors (Lipinski definition) is 8. The molecule has 12 heteroatoms. The number of rotatable bonds is 18. The first-order valence-corrected chi connectivity index (χ1v) is 16.7. The maximum atomic E-state index is 13.7. The fraction of sp³-hybridized carbons (Fsp3) is 0.459. The van der Waals surface area contributed by atoms with Crippen LogP contribution in [0.2, 0.25) is 0 Å². The van der Waals surface area contributed by atoms with Gasteiger partial charge >= 0.3 is 6.09 Å². The molecule has 0 bridgehead atoms. The number of hydrogen-bond donors (Lipinski definition) is 5. The Morgan fingerprint density at radius 1 is 0.571 bits per heavy atom. The lowest BCUT2D eigenvalue weighted by atomic mass is 9.98. The normalized spacial score (nSPS) is 13.1. The average molecular weight is 676 g/mol. The van der Waals surface area contributed by atoms with E-state index in [1.165, 1.54) is 0 Å². The van der Waals surface area contributed by atoms with Gasteiger partial charge in [-0.05, 0) is 48.1 Å². The Labute approximate surface area is 287 Å². The molecule has 4 amide bonds. The number of anilines is 2. The van der Waals surface area contributed by atoms with Gasteiger partial charge in [-0.2, -0.15) is 0 Å². The number of ether oxygens (including phenoxy) is 1. The van der Waals surface area contributed by atoms with Gasteiger partial charge < -0.3 is 31.3 Å². The lowest BCUT2D eigenvalue weighted by molar-refractivity contribution is -0.132. The first-order valence-electron chi connectivity index (χ1n) is 16.7. The zero-order chi connectivity index (χ0) is 36.1. The molecule has 0 fully saturated rings. The van der Waals surface area contributed by atoms with Crippen LogP contribution in [0.3, 0.4) is 0 Å². The molecular formula is C37H49N5O7. The van der Waals surface area contributed by atoms with E-state index in [0.29, 0.717) is 6.42 Å². The van der Waals surface area contributed by atoms with Gasteiger partial charge in [0.2, 0.25) is 17.7 Å². The summed E-state index contributed by atoms with van der Waals surface area (Å²) in [5, 5.41) is 13.6. The molecule has 3 rings (SSSR count). The maximum Gasteiger partial charge on any atom is 0.408 e. The standard InChI is InChI=1S/C37H49N5O7/c1-22(2)17-27(39-35(46)29(19-24(5)6)41-37(48)49-21-26-15-11-8-12-16-26)34(45)40-28(18-23(3)4)36(47)42-31-30(32(43)33(31)44)38-20-25-13-9-7-10-14-25/h7-16,22-24,27-29,38H,17-21H2,1-6H3,(H,39,46)(H,40,45)(H,41,48)(H,42,47). The van der Waals surface area contributed by atoms with E-state index in [1.807, 2.05) is 102 Å². The van der Waals surface area contributed by atoms with E-state index in [2.05, 4.69) is 26.6 Å². The van der Waals surface area contributed by atoms with Gasteiger partial charge in [0, 0.05) is 6.54 Å². The van der Waals surface area contributed by atoms with E-state index >= 15 is 0 Å². The number of benzene rings is 2. The fourth-order valence-corrected chi connectivity index (χ4v) is 5.24. The van der Waals surface area contributed by atoms with Crippen molar-refractivity contribution in [1.82, 2.24) is 16.0 Å². The molecule has 264 valence electrons. The Morgan fingerprint density at radius 3 is 1.49 bits per heavy atom. The lowest BCUT2D eigenvalue weighted by Crippen LogP contribution is -2.57. The van der Waals surface area contributed by atoms with E-state index in [1.54, 1.807) is 0 Å². The van der Waals surface area contributed by atoms with Crippen LogP contribution in [-0.2, 0) is 32.3 Å². The maximum absolute atomic E-state index is 13.7. The molecule has 0 aliphatic rings. The van der Waals surface area contributed by atoms with Crippen molar-refractivity contribution in [2.45, 2.75) is 92.1 Å². The van der Waals surface area contributed by atoms with E-state index in [0.717, 1.165) is 11.1 Å². The summed E-state index contributed by atoms with van der Waals surface area (Å²) in [4.78, 5) is 78.1. The minimum atomic E-state index is -1.07. The quantitative estimate of drug-likeness (QED) is 0.125. The third-order valence-corrected chi connectivity index (χ3v) is 7.68. The molecule has 0 heterocycles. The van der Waals surface area contributed by atoms with Crippen LogP contribution in [0.4, 0.5) is 16.2 Å². The SMILES string of the molecule is CC(C)CC(NC(=O)OCc1ccccc1)C(=O)NC(CC(C)C)C(=O)NC(CC(C)C)C(=O)Nc1c(NCc2ccccc2)c(=O)c1=O. The zero-order valence-electron chi connectivity index (χ0n) is 29.1. The van der Waals surface area contributed by atoms with Gasteiger partial charge in [-0.1, -0.05) is 102 Å². The summed E-state index contributed by atoms with van der Waals surface area (Å²) in [5.74, 6) is -1.82. The minimum absolute atomic E-state index is 0.00719. The first-order chi connectivity index (χ1) is 23.2. The fourth-order valence-electron chi connectivity index (χ4n) is 5.24. The van der Waals surface area contributed by atoms with Gasteiger partial charge in [0.15, 0.2) is 0 Å². The third-order valence-electron chi connectivity index (χ3n) is 7.68. The summed E-state index contributed by atoms with van der Waals surface area (Å²) in [7, 11) is 0. The van der Waals surface area contributed by atoms with Crippen molar-refractivity contribution in [1.29, 1.82) is 0 Å². The second kappa shape index (κ2) is 18.5. The number of alkyl carbamates (subject to hydrolysis) is 1. The van der Waals surface area contributed by atoms with Crippen LogP contribution >= 0.6 is 0 Å². The van der Waals surface area contributed by atoms with Gasteiger partial charge in [-0.25, -0.2) is 4.79 Å².